The molecule has 1 amide bonds. The van der Waals surface area contributed by atoms with Gasteiger partial charge in [-0.1, -0.05) is 30.3 Å². The molecule has 0 radical (unpaired) electrons. The Morgan fingerprint density at radius 2 is 0.712 bits per heavy atom. The van der Waals surface area contributed by atoms with Crippen LogP contribution in [0.15, 0.2) is 30.3 Å². The van der Waals surface area contributed by atoms with Crippen LogP contribution in [0, 0.1) is 0 Å². The molecule has 0 heterocycles. The van der Waals surface area contributed by atoms with E-state index in [1.807, 2.05) is 30.3 Å². The third-order valence-electron chi connectivity index (χ3n) is 6.23. The Morgan fingerprint density at radius 3 is 1.04 bits per heavy atom. The zero-order valence-electron chi connectivity index (χ0n) is 30.5. The fraction of sp³-hybridized carbons (Fsp3) is 0.771. The van der Waals surface area contributed by atoms with E-state index in [9.17, 15) is 9.59 Å². The van der Waals surface area contributed by atoms with Crippen molar-refractivity contribution in [3.63, 3.8) is 0 Å². The Balaban J connectivity index is 1.62. The van der Waals surface area contributed by atoms with E-state index in [2.05, 4.69) is 10.1 Å². The van der Waals surface area contributed by atoms with E-state index in [4.69, 9.17) is 61.9 Å². The summed E-state index contributed by atoms with van der Waals surface area (Å²) in [5, 5.41) is 11.0. The van der Waals surface area contributed by atoms with Crippen molar-refractivity contribution in [1.82, 2.24) is 5.32 Å². The fourth-order valence-electron chi connectivity index (χ4n) is 3.73. The zero-order valence-corrected chi connectivity index (χ0v) is 30.5. The largest absolute Gasteiger partial charge is 0.480 e. The SMILES string of the molecule is O=C(O)COCC(=O)NCCOCCOCCOCCOCCOCCOCCOCCOCCOCCOCCOCCOCc1ccccc1. The number of carboxylic acids is 1. The van der Waals surface area contributed by atoms with Gasteiger partial charge in [-0.25, -0.2) is 4.79 Å². The van der Waals surface area contributed by atoms with E-state index in [0.717, 1.165) is 5.56 Å². The summed E-state index contributed by atoms with van der Waals surface area (Å²) >= 11 is 0. The number of carbonyl (C=O) groups excluding carboxylic acids is 1. The van der Waals surface area contributed by atoms with Gasteiger partial charge in [-0.2, -0.15) is 0 Å². The molecule has 0 unspecified atom stereocenters. The third-order valence-corrected chi connectivity index (χ3v) is 6.23. The predicted molar refractivity (Wildman–Crippen MR) is 187 cm³/mol. The summed E-state index contributed by atoms with van der Waals surface area (Å²) in [5.41, 5.74) is 1.15. The Kier molecular flexibility index (Phi) is 36.5. The molecule has 0 bridgehead atoms. The van der Waals surface area contributed by atoms with Crippen LogP contribution in [0.25, 0.3) is 0 Å². The Morgan fingerprint density at radius 1 is 0.404 bits per heavy atom. The van der Waals surface area contributed by atoms with Crippen LogP contribution in [0.2, 0.25) is 0 Å². The molecule has 0 aromatic heterocycles. The number of rotatable bonds is 42. The van der Waals surface area contributed by atoms with Gasteiger partial charge in [0.05, 0.1) is 159 Å². The Labute approximate surface area is 307 Å². The molecule has 0 spiro atoms. The minimum absolute atomic E-state index is 0.299. The van der Waals surface area contributed by atoms with Crippen molar-refractivity contribution in [2.75, 3.05) is 172 Å². The van der Waals surface area contributed by atoms with Gasteiger partial charge in [0.15, 0.2) is 0 Å². The second kappa shape index (κ2) is 39.8. The number of aliphatic carboxylic acids is 1. The molecule has 1 rings (SSSR count). The molecule has 0 saturated heterocycles. The van der Waals surface area contributed by atoms with Crippen molar-refractivity contribution < 1.29 is 76.3 Å². The number of hydrogen-bond acceptors (Lipinski definition) is 15. The number of hydrogen-bond donors (Lipinski definition) is 2. The van der Waals surface area contributed by atoms with Crippen molar-refractivity contribution in [2.45, 2.75) is 6.61 Å². The summed E-state index contributed by atoms with van der Waals surface area (Å²) in [4.78, 5) is 21.7. The van der Waals surface area contributed by atoms with Crippen molar-refractivity contribution >= 4 is 11.9 Å². The molecule has 0 atom stereocenters. The fourth-order valence-corrected chi connectivity index (χ4v) is 3.73. The lowest BCUT2D eigenvalue weighted by Gasteiger charge is -2.09. The van der Waals surface area contributed by atoms with Crippen molar-refractivity contribution in [1.29, 1.82) is 0 Å². The van der Waals surface area contributed by atoms with Crippen LogP contribution in [0.3, 0.4) is 0 Å². The molecule has 0 aliphatic rings. The van der Waals surface area contributed by atoms with Crippen LogP contribution >= 0.6 is 0 Å². The summed E-state index contributed by atoms with van der Waals surface area (Å²) in [6, 6.07) is 10.0. The van der Waals surface area contributed by atoms with Gasteiger partial charge in [0.25, 0.3) is 0 Å². The number of ether oxygens (including phenoxy) is 13. The van der Waals surface area contributed by atoms with Gasteiger partial charge in [-0.3, -0.25) is 4.79 Å². The van der Waals surface area contributed by atoms with Crippen LogP contribution in [0.5, 0.6) is 0 Å². The van der Waals surface area contributed by atoms with Crippen LogP contribution in [0.1, 0.15) is 5.56 Å². The Bertz CT molecular complexity index is 901. The van der Waals surface area contributed by atoms with Crippen LogP contribution in [0.4, 0.5) is 0 Å². The van der Waals surface area contributed by atoms with E-state index in [1.165, 1.54) is 0 Å². The second-order valence-corrected chi connectivity index (χ2v) is 10.5. The molecular formula is C35H61NO16. The maximum Gasteiger partial charge on any atom is 0.329 e. The van der Waals surface area contributed by atoms with Gasteiger partial charge in [0.2, 0.25) is 5.91 Å². The van der Waals surface area contributed by atoms with Gasteiger partial charge in [0.1, 0.15) is 13.2 Å². The smallest absolute Gasteiger partial charge is 0.329 e. The first kappa shape index (κ1) is 47.7. The maximum atomic E-state index is 11.4. The van der Waals surface area contributed by atoms with Gasteiger partial charge in [-0.05, 0) is 5.56 Å². The first-order valence-electron chi connectivity index (χ1n) is 17.7. The van der Waals surface area contributed by atoms with E-state index in [0.29, 0.717) is 165 Å². The minimum Gasteiger partial charge on any atom is -0.480 e. The number of amides is 1. The highest BCUT2D eigenvalue weighted by molar-refractivity contribution is 5.77. The quantitative estimate of drug-likeness (QED) is 0.0884. The highest BCUT2D eigenvalue weighted by Gasteiger charge is 2.03. The zero-order chi connectivity index (χ0) is 37.3. The maximum absolute atomic E-state index is 11.4. The van der Waals surface area contributed by atoms with E-state index in [1.54, 1.807) is 0 Å². The van der Waals surface area contributed by atoms with Gasteiger partial charge < -0.3 is 72.0 Å². The molecule has 1 aromatic rings. The van der Waals surface area contributed by atoms with Crippen molar-refractivity contribution in [3.8, 4) is 0 Å². The highest BCUT2D eigenvalue weighted by atomic mass is 16.6. The number of nitrogens with one attached hydrogen (secondary N) is 1. The van der Waals surface area contributed by atoms with E-state index in [-0.39, 0.29) is 6.61 Å². The first-order chi connectivity index (χ1) is 25.7. The van der Waals surface area contributed by atoms with Gasteiger partial charge >= 0.3 is 5.97 Å². The molecule has 0 saturated carbocycles. The summed E-state index contributed by atoms with van der Waals surface area (Å²) in [7, 11) is 0. The molecule has 1 aromatic carbocycles. The standard InChI is InChI=1S/C35H61NO16/c37-34(31-52-32-35(38)39)36-6-7-40-8-9-41-10-11-42-12-13-43-14-15-44-16-17-45-18-19-46-20-21-47-22-23-48-24-25-49-26-27-50-28-29-51-30-33-4-2-1-3-5-33/h1-5H,6-32H2,(H,36,37)(H,38,39). The second-order valence-electron chi connectivity index (χ2n) is 10.5. The third kappa shape index (κ3) is 37.4. The number of carbonyl (C=O) groups is 2. The lowest BCUT2D eigenvalue weighted by atomic mass is 10.2. The predicted octanol–water partition coefficient (Wildman–Crippen LogP) is 0.603. The first-order valence-corrected chi connectivity index (χ1v) is 17.7. The lowest BCUT2D eigenvalue weighted by molar-refractivity contribution is -0.143. The summed E-state index contributed by atoms with van der Waals surface area (Å²) in [5.74, 6) is -1.52. The molecule has 17 nitrogen and oxygen atoms in total. The highest BCUT2D eigenvalue weighted by Crippen LogP contribution is 2.00. The topological polar surface area (TPSA) is 186 Å². The number of carboxylic acid groups (broad SMARTS) is 1. The van der Waals surface area contributed by atoms with Crippen LogP contribution in [-0.4, -0.2) is 189 Å². The normalized spacial score (nSPS) is 11.3. The average molecular weight is 752 g/mol. The molecule has 0 aliphatic carbocycles. The van der Waals surface area contributed by atoms with Crippen LogP contribution < -0.4 is 5.32 Å². The van der Waals surface area contributed by atoms with Gasteiger partial charge in [-0.15, -0.1) is 0 Å². The lowest BCUT2D eigenvalue weighted by Crippen LogP contribution is -2.31. The number of benzene rings is 1. The molecule has 2 N–H and O–H groups in total. The molecule has 302 valence electrons. The minimum atomic E-state index is -1.12. The summed E-state index contributed by atoms with van der Waals surface area (Å²) < 4.78 is 70.2. The van der Waals surface area contributed by atoms with Crippen molar-refractivity contribution in [3.05, 3.63) is 35.9 Å². The monoisotopic (exact) mass is 751 g/mol. The average Bonchev–Trinajstić information content (AvgIpc) is 3.14. The van der Waals surface area contributed by atoms with Crippen molar-refractivity contribution in [2.24, 2.45) is 0 Å². The molecular weight excluding hydrogens is 690 g/mol. The van der Waals surface area contributed by atoms with E-state index < -0.39 is 18.5 Å². The van der Waals surface area contributed by atoms with Crippen LogP contribution in [-0.2, 0) is 77.8 Å². The molecule has 17 heteroatoms. The van der Waals surface area contributed by atoms with E-state index >= 15 is 0 Å². The summed E-state index contributed by atoms with van der Waals surface area (Å²) in [6.07, 6.45) is 0. The molecule has 0 aliphatic heterocycles. The summed E-state index contributed by atoms with van der Waals surface area (Å²) in [6.45, 7) is 11.0. The molecule has 52 heavy (non-hydrogen) atoms. The Hall–Kier alpha value is -2.36. The molecule has 0 fully saturated rings. The van der Waals surface area contributed by atoms with Gasteiger partial charge in [0, 0.05) is 6.54 Å².